The van der Waals surface area contributed by atoms with E-state index in [0.29, 0.717) is 18.8 Å². The van der Waals surface area contributed by atoms with E-state index in [1.165, 1.54) is 5.56 Å². The van der Waals surface area contributed by atoms with Crippen molar-refractivity contribution in [3.05, 3.63) is 34.4 Å². The van der Waals surface area contributed by atoms with E-state index < -0.39 is 0 Å². The van der Waals surface area contributed by atoms with Crippen molar-refractivity contribution in [2.45, 2.75) is 52.1 Å². The number of fused-ring (bicyclic) bond motifs is 2. The lowest BCUT2D eigenvalue weighted by Crippen LogP contribution is -2.39. The summed E-state index contributed by atoms with van der Waals surface area (Å²) in [6.07, 6.45) is 2.70. The van der Waals surface area contributed by atoms with Crippen molar-refractivity contribution in [3.8, 4) is 0 Å². The number of hydrogen-bond acceptors (Lipinski definition) is 5. The fourth-order valence-electron chi connectivity index (χ4n) is 4.31. The van der Waals surface area contributed by atoms with Gasteiger partial charge in [0.1, 0.15) is 0 Å². The number of aryl methyl sites for hydroxylation is 1. The van der Waals surface area contributed by atoms with E-state index in [-0.39, 0.29) is 18.1 Å². The van der Waals surface area contributed by atoms with E-state index in [0.717, 1.165) is 36.5 Å². The van der Waals surface area contributed by atoms with Gasteiger partial charge in [-0.1, -0.05) is 0 Å². The summed E-state index contributed by atoms with van der Waals surface area (Å²) < 4.78 is 9.75. The summed E-state index contributed by atoms with van der Waals surface area (Å²) >= 11 is 0. The maximum absolute atomic E-state index is 13.3. The van der Waals surface area contributed by atoms with E-state index >= 15 is 0 Å². The van der Waals surface area contributed by atoms with Crippen LogP contribution in [0, 0.1) is 0 Å². The largest absolute Gasteiger partial charge is 0.369 e. The van der Waals surface area contributed by atoms with Crippen LogP contribution in [0.25, 0.3) is 0 Å². The Morgan fingerprint density at radius 2 is 2.11 bits per heavy atom. The number of hydrogen-bond donors (Lipinski definition) is 0. The van der Waals surface area contributed by atoms with Gasteiger partial charge in [-0.2, -0.15) is 10.2 Å². The Balaban J connectivity index is 1.62. The topological polar surface area (TPSA) is 68.4 Å². The SMILES string of the molecule is C[C@@H]1Cc2c(C(=O)N3CCn4ncc(CN(C)C)c4C3)nn(C)c2[C@H](C)O1. The summed E-state index contributed by atoms with van der Waals surface area (Å²) in [7, 11) is 5.98. The minimum Gasteiger partial charge on any atom is -0.369 e. The molecule has 4 rings (SSSR count). The zero-order valence-electron chi connectivity index (χ0n) is 16.8. The van der Waals surface area contributed by atoms with Gasteiger partial charge in [0.05, 0.1) is 42.9 Å². The fourth-order valence-corrected chi connectivity index (χ4v) is 4.31. The summed E-state index contributed by atoms with van der Waals surface area (Å²) in [5, 5.41) is 9.07. The van der Waals surface area contributed by atoms with Gasteiger partial charge >= 0.3 is 0 Å². The molecule has 0 fully saturated rings. The molecule has 2 aliphatic rings. The first kappa shape index (κ1) is 18.2. The molecule has 1 amide bonds. The van der Waals surface area contributed by atoms with Crippen LogP contribution in [0.5, 0.6) is 0 Å². The molecule has 0 spiro atoms. The molecule has 8 nitrogen and oxygen atoms in total. The zero-order valence-corrected chi connectivity index (χ0v) is 16.8. The van der Waals surface area contributed by atoms with E-state index in [9.17, 15) is 4.79 Å². The third-order valence-corrected chi connectivity index (χ3v) is 5.44. The lowest BCUT2D eigenvalue weighted by atomic mass is 9.99. The molecule has 146 valence electrons. The van der Waals surface area contributed by atoms with Gasteiger partial charge in [0.15, 0.2) is 5.69 Å². The Labute approximate surface area is 159 Å². The summed E-state index contributed by atoms with van der Waals surface area (Å²) in [4.78, 5) is 17.4. The Morgan fingerprint density at radius 3 is 2.85 bits per heavy atom. The van der Waals surface area contributed by atoms with E-state index in [2.05, 4.69) is 15.1 Å². The van der Waals surface area contributed by atoms with Crippen molar-refractivity contribution in [1.82, 2.24) is 29.4 Å². The molecule has 0 bridgehead atoms. The third kappa shape index (κ3) is 3.17. The van der Waals surface area contributed by atoms with Crippen LogP contribution in [-0.4, -0.2) is 62.0 Å². The second-order valence-corrected chi connectivity index (χ2v) is 7.93. The molecular weight excluding hydrogens is 344 g/mol. The summed E-state index contributed by atoms with van der Waals surface area (Å²) in [5.74, 6) is 0.0106. The van der Waals surface area contributed by atoms with Gasteiger partial charge < -0.3 is 14.5 Å². The average molecular weight is 372 g/mol. The van der Waals surface area contributed by atoms with Crippen molar-refractivity contribution >= 4 is 5.91 Å². The molecule has 0 aromatic carbocycles. The highest BCUT2D eigenvalue weighted by molar-refractivity contribution is 5.94. The summed E-state index contributed by atoms with van der Waals surface area (Å²) in [6.45, 7) is 6.85. The molecule has 8 heteroatoms. The van der Waals surface area contributed by atoms with Crippen LogP contribution in [-0.2, 0) is 37.8 Å². The maximum atomic E-state index is 13.3. The second kappa shape index (κ2) is 6.76. The van der Waals surface area contributed by atoms with Crippen LogP contribution in [0.1, 0.15) is 53.0 Å². The Morgan fingerprint density at radius 1 is 1.33 bits per heavy atom. The highest BCUT2D eigenvalue weighted by Gasteiger charge is 2.34. The van der Waals surface area contributed by atoms with Gasteiger partial charge in [-0.15, -0.1) is 0 Å². The molecule has 27 heavy (non-hydrogen) atoms. The van der Waals surface area contributed by atoms with Crippen molar-refractivity contribution in [2.24, 2.45) is 7.05 Å². The van der Waals surface area contributed by atoms with Crippen LogP contribution >= 0.6 is 0 Å². The normalized spacial score (nSPS) is 22.1. The molecule has 0 unspecified atom stereocenters. The molecule has 2 aromatic rings. The van der Waals surface area contributed by atoms with Gasteiger partial charge in [-0.25, -0.2) is 0 Å². The Kier molecular flexibility index (Phi) is 4.55. The number of carbonyl (C=O) groups excluding carboxylic acids is 1. The molecule has 0 saturated carbocycles. The number of ether oxygens (including phenoxy) is 1. The monoisotopic (exact) mass is 372 g/mol. The van der Waals surface area contributed by atoms with Gasteiger partial charge in [0.2, 0.25) is 0 Å². The first-order valence-corrected chi connectivity index (χ1v) is 9.54. The summed E-state index contributed by atoms with van der Waals surface area (Å²) in [5.41, 5.74) is 4.94. The third-order valence-electron chi connectivity index (χ3n) is 5.44. The van der Waals surface area contributed by atoms with Crippen LogP contribution in [0.3, 0.4) is 0 Å². The molecule has 4 heterocycles. The highest BCUT2D eigenvalue weighted by Crippen LogP contribution is 2.32. The average Bonchev–Trinajstić information content (AvgIpc) is 3.14. The second-order valence-electron chi connectivity index (χ2n) is 7.93. The van der Waals surface area contributed by atoms with Crippen molar-refractivity contribution in [2.75, 3.05) is 20.6 Å². The summed E-state index contributed by atoms with van der Waals surface area (Å²) in [6, 6.07) is 0. The number of nitrogens with zero attached hydrogens (tertiary/aromatic N) is 6. The molecule has 0 radical (unpaired) electrons. The standard InChI is InChI=1S/C19H28N6O2/c1-12-8-15-17(21-23(5)18(15)13(2)27-12)19(26)24-6-7-25-16(11-24)14(9-20-25)10-22(3)4/h9,12-13H,6-8,10-11H2,1-5H3/t12-,13+/m1/s1. The predicted molar refractivity (Wildman–Crippen MR) is 100 cm³/mol. The number of aromatic nitrogens is 4. The van der Waals surface area contributed by atoms with Crippen molar-refractivity contribution in [1.29, 1.82) is 0 Å². The van der Waals surface area contributed by atoms with Gasteiger partial charge in [0, 0.05) is 37.7 Å². The minimum absolute atomic E-state index is 0.0106. The maximum Gasteiger partial charge on any atom is 0.275 e. The zero-order chi connectivity index (χ0) is 19.3. The number of carbonyl (C=O) groups is 1. The lowest BCUT2D eigenvalue weighted by Gasteiger charge is -2.29. The molecule has 0 aliphatic carbocycles. The van der Waals surface area contributed by atoms with E-state index in [1.807, 2.05) is 55.5 Å². The molecule has 2 aromatic heterocycles. The smallest absolute Gasteiger partial charge is 0.275 e. The number of amides is 1. The van der Waals surface area contributed by atoms with Crippen molar-refractivity contribution in [3.63, 3.8) is 0 Å². The highest BCUT2D eigenvalue weighted by atomic mass is 16.5. The Hall–Kier alpha value is -2.19. The fraction of sp³-hybridized carbons (Fsp3) is 0.632. The first-order chi connectivity index (χ1) is 12.8. The van der Waals surface area contributed by atoms with Crippen LogP contribution in [0.2, 0.25) is 0 Å². The van der Waals surface area contributed by atoms with E-state index in [1.54, 1.807) is 0 Å². The lowest BCUT2D eigenvalue weighted by molar-refractivity contribution is -0.00907. The molecular formula is C19H28N6O2. The molecule has 2 aliphatic heterocycles. The molecule has 0 N–H and O–H groups in total. The minimum atomic E-state index is -0.0442. The predicted octanol–water partition coefficient (Wildman–Crippen LogP) is 1.36. The van der Waals surface area contributed by atoms with Crippen LogP contribution < -0.4 is 0 Å². The Bertz CT molecular complexity index is 868. The molecule has 2 atom stereocenters. The quantitative estimate of drug-likeness (QED) is 0.814. The number of rotatable bonds is 3. The van der Waals surface area contributed by atoms with Gasteiger partial charge in [-0.05, 0) is 27.9 Å². The van der Waals surface area contributed by atoms with Crippen molar-refractivity contribution < 1.29 is 9.53 Å². The van der Waals surface area contributed by atoms with E-state index in [4.69, 9.17) is 4.74 Å². The molecule has 0 saturated heterocycles. The van der Waals surface area contributed by atoms with Gasteiger partial charge in [0.25, 0.3) is 5.91 Å². The van der Waals surface area contributed by atoms with Gasteiger partial charge in [-0.3, -0.25) is 14.2 Å². The first-order valence-electron chi connectivity index (χ1n) is 9.54. The van der Waals surface area contributed by atoms with Crippen LogP contribution in [0.15, 0.2) is 6.20 Å². The van der Waals surface area contributed by atoms with Crippen LogP contribution in [0.4, 0.5) is 0 Å².